The Bertz CT molecular complexity index is 406. The van der Waals surface area contributed by atoms with Crippen LogP contribution in [-0.4, -0.2) is 18.3 Å². The molecule has 7 heteroatoms. The minimum Gasteiger partial charge on any atom is -0.448 e. The normalized spacial score (nSPS) is 11.5. The molecule has 14 heavy (non-hydrogen) atoms. The number of rotatable bonds is 2. The van der Waals surface area contributed by atoms with Crippen molar-refractivity contribution in [3.63, 3.8) is 0 Å². The van der Waals surface area contributed by atoms with Crippen LogP contribution in [0, 0.1) is 0 Å². The van der Waals surface area contributed by atoms with Crippen LogP contribution in [0.25, 0.3) is 0 Å². The van der Waals surface area contributed by atoms with Gasteiger partial charge in [-0.05, 0) is 19.4 Å². The summed E-state index contributed by atoms with van der Waals surface area (Å²) in [5, 5.41) is 0.774. The third kappa shape index (κ3) is 3.56. The van der Waals surface area contributed by atoms with Crippen molar-refractivity contribution >= 4 is 52.9 Å². The molecule has 0 aliphatic rings. The lowest BCUT2D eigenvalue weighted by Gasteiger charge is -2.13. The monoisotopic (exact) mass is 289 g/mol. The van der Waals surface area contributed by atoms with Gasteiger partial charge in [0, 0.05) is 0 Å². The van der Waals surface area contributed by atoms with E-state index in [1.807, 2.05) is 13.3 Å². The number of halogens is 3. The van der Waals surface area contributed by atoms with Crippen molar-refractivity contribution in [3.8, 4) is 5.88 Å². The molecule has 1 rings (SSSR count). The van der Waals surface area contributed by atoms with Crippen LogP contribution in [0.2, 0.25) is 15.2 Å². The first-order chi connectivity index (χ1) is 6.29. The van der Waals surface area contributed by atoms with Crippen molar-refractivity contribution in [1.82, 2.24) is 4.98 Å². The summed E-state index contributed by atoms with van der Waals surface area (Å²) in [5.41, 5.74) is 0. The van der Waals surface area contributed by atoms with Gasteiger partial charge in [0.1, 0.15) is 11.3 Å². The van der Waals surface area contributed by atoms with E-state index in [0.717, 1.165) is 0 Å². The number of hydrogen-bond acceptors (Lipinski definition) is 3. The van der Waals surface area contributed by atoms with Gasteiger partial charge < -0.3 is 4.52 Å². The molecule has 0 atom stereocenters. The summed E-state index contributed by atoms with van der Waals surface area (Å²) in [4.78, 5) is 3.90. The second kappa shape index (κ2) is 4.54. The van der Waals surface area contributed by atoms with E-state index in [9.17, 15) is 0 Å². The Balaban J connectivity index is 3.11. The van der Waals surface area contributed by atoms with Crippen molar-refractivity contribution in [1.29, 1.82) is 0 Å². The molecule has 0 N–H and O–H groups in total. The van der Waals surface area contributed by atoms with E-state index in [1.165, 1.54) is 6.07 Å². The van der Waals surface area contributed by atoms with E-state index in [-0.39, 0.29) is 11.0 Å². The van der Waals surface area contributed by atoms with Gasteiger partial charge >= 0.3 is 0 Å². The van der Waals surface area contributed by atoms with Crippen molar-refractivity contribution in [3.05, 3.63) is 21.3 Å². The summed E-state index contributed by atoms with van der Waals surface area (Å²) in [6.45, 7) is 3.64. The lowest BCUT2D eigenvalue weighted by molar-refractivity contribution is 0.593. The molecule has 1 aromatic heterocycles. The lowest BCUT2D eigenvalue weighted by Crippen LogP contribution is -1.93. The van der Waals surface area contributed by atoms with E-state index in [1.54, 1.807) is 0 Å². The van der Waals surface area contributed by atoms with Gasteiger partial charge in [-0.2, -0.15) is 4.98 Å². The second-order valence-electron chi connectivity index (χ2n) is 2.89. The Morgan fingerprint density at radius 1 is 1.29 bits per heavy atom. The van der Waals surface area contributed by atoms with Crippen LogP contribution in [0.5, 0.6) is 5.88 Å². The first-order valence-corrected chi connectivity index (χ1v) is 8.30. The first-order valence-electron chi connectivity index (χ1n) is 3.56. The molecule has 0 fully saturated rings. The molecule has 0 radical (unpaired) electrons. The zero-order valence-electron chi connectivity index (χ0n) is 7.42. The van der Waals surface area contributed by atoms with E-state index in [4.69, 9.17) is 51.1 Å². The van der Waals surface area contributed by atoms with Crippen LogP contribution >= 0.6 is 41.1 Å². The summed E-state index contributed by atoms with van der Waals surface area (Å²) < 4.78 is 5.41. The smallest absolute Gasteiger partial charge is 0.237 e. The first kappa shape index (κ1) is 12.5. The Hall–Kier alpha value is 0.470. The summed E-state index contributed by atoms with van der Waals surface area (Å²) in [7, 11) is 0. The van der Waals surface area contributed by atoms with E-state index >= 15 is 0 Å². The third-order valence-corrected chi connectivity index (χ3v) is 2.94. The van der Waals surface area contributed by atoms with Gasteiger partial charge in [-0.3, -0.25) is 0 Å². The quantitative estimate of drug-likeness (QED) is 0.605. The summed E-state index contributed by atoms with van der Waals surface area (Å²) in [5.74, 6) is 0.245. The highest BCUT2D eigenvalue weighted by Crippen LogP contribution is 2.42. The molecule has 78 valence electrons. The molecule has 0 saturated carbocycles. The van der Waals surface area contributed by atoms with Crippen molar-refractivity contribution in [2.24, 2.45) is 0 Å². The Morgan fingerprint density at radius 3 is 2.36 bits per heavy atom. The van der Waals surface area contributed by atoms with E-state index in [2.05, 4.69) is 4.98 Å². The Kier molecular flexibility index (Phi) is 4.07. The maximum Gasteiger partial charge on any atom is 0.237 e. The van der Waals surface area contributed by atoms with E-state index in [0.29, 0.717) is 10.0 Å². The summed E-state index contributed by atoms with van der Waals surface area (Å²) in [6, 6.07) is 1.48. The van der Waals surface area contributed by atoms with Crippen LogP contribution < -0.4 is 4.52 Å². The van der Waals surface area contributed by atoms with Crippen LogP contribution in [0.15, 0.2) is 6.07 Å². The van der Waals surface area contributed by atoms with Crippen LogP contribution in [0.4, 0.5) is 0 Å². The maximum atomic E-state index is 5.85. The third-order valence-electron chi connectivity index (χ3n) is 1.16. The largest absolute Gasteiger partial charge is 0.448 e. The number of aromatic nitrogens is 1. The average Bonchev–Trinajstić information content (AvgIpc) is 1.97. The van der Waals surface area contributed by atoms with Gasteiger partial charge in [-0.1, -0.05) is 46.6 Å². The number of nitrogens with zero attached hydrogens (tertiary/aromatic N) is 1. The zero-order valence-corrected chi connectivity index (χ0v) is 11.4. The Morgan fingerprint density at radius 2 is 1.86 bits per heavy atom. The van der Waals surface area contributed by atoms with Gasteiger partial charge in [0.15, 0.2) is 5.15 Å². The minimum absolute atomic E-state index is 0.162. The fraction of sp³-hybridized carbons (Fsp3) is 0.286. The van der Waals surface area contributed by atoms with Gasteiger partial charge in [0.05, 0.1) is 5.02 Å². The molecule has 0 amide bonds. The Labute approximate surface area is 103 Å². The molecule has 1 heterocycles. The number of hydrogen-bond donors (Lipinski definition) is 0. The molecule has 1 aromatic rings. The molecule has 0 bridgehead atoms. The maximum absolute atomic E-state index is 5.85. The molecular weight excluding hydrogens is 283 g/mol. The lowest BCUT2D eigenvalue weighted by atomic mass is 10.5. The fourth-order valence-electron chi connectivity index (χ4n) is 0.701. The van der Waals surface area contributed by atoms with E-state index < -0.39 is 6.26 Å². The van der Waals surface area contributed by atoms with Gasteiger partial charge in [0.2, 0.25) is 5.88 Å². The number of pyridine rings is 1. The highest BCUT2D eigenvalue weighted by molar-refractivity contribution is 8.11. The highest BCUT2D eigenvalue weighted by atomic mass is 35.5. The zero-order chi connectivity index (χ0) is 10.9. The summed E-state index contributed by atoms with van der Waals surface area (Å²) >= 11 is 22.4. The molecule has 0 unspecified atom stereocenters. The molecule has 0 aliphatic carbocycles. The van der Waals surface area contributed by atoms with Gasteiger partial charge in [0.25, 0.3) is 0 Å². The van der Waals surface area contributed by atoms with Crippen LogP contribution in [0.3, 0.4) is 0 Å². The SMILES string of the molecule is CP(C)(=S)Oc1nc(Cl)c(Cl)cc1Cl. The van der Waals surface area contributed by atoms with Gasteiger partial charge in [-0.25, -0.2) is 0 Å². The van der Waals surface area contributed by atoms with Gasteiger partial charge in [-0.15, -0.1) is 0 Å². The van der Waals surface area contributed by atoms with Crippen LogP contribution in [0.1, 0.15) is 0 Å². The molecule has 0 saturated heterocycles. The summed E-state index contributed by atoms with van der Waals surface area (Å²) in [6.07, 6.45) is -1.86. The second-order valence-corrected chi connectivity index (χ2v) is 9.39. The highest BCUT2D eigenvalue weighted by Gasteiger charge is 2.12. The van der Waals surface area contributed by atoms with Crippen LogP contribution in [-0.2, 0) is 11.8 Å². The standard InChI is InChI=1S/C7H7Cl3NOPS/c1-13(2,14)12-7-5(9)3-4(8)6(10)11-7/h3H,1-2H3. The molecular formula is C7H7Cl3NOPS. The molecule has 0 spiro atoms. The molecule has 0 aromatic carbocycles. The minimum atomic E-state index is -1.86. The molecule has 0 aliphatic heterocycles. The molecule has 2 nitrogen and oxygen atoms in total. The van der Waals surface area contributed by atoms with Crippen molar-refractivity contribution in [2.45, 2.75) is 0 Å². The van der Waals surface area contributed by atoms with Crippen molar-refractivity contribution < 1.29 is 4.52 Å². The average molecular weight is 291 g/mol. The van der Waals surface area contributed by atoms with Crippen molar-refractivity contribution in [2.75, 3.05) is 13.3 Å². The topological polar surface area (TPSA) is 22.1 Å². The fourth-order valence-corrected chi connectivity index (χ4v) is 2.05. The predicted molar refractivity (Wildman–Crippen MR) is 66.0 cm³/mol. The predicted octanol–water partition coefficient (Wildman–Crippen LogP) is 4.07.